The van der Waals surface area contributed by atoms with Crippen molar-refractivity contribution in [3.8, 4) is 5.75 Å². The van der Waals surface area contributed by atoms with Gasteiger partial charge in [-0.15, -0.1) is 0 Å². The summed E-state index contributed by atoms with van der Waals surface area (Å²) in [5, 5.41) is 0.972. The van der Waals surface area contributed by atoms with Crippen LogP contribution in [-0.2, 0) is 20.8 Å². The molecule has 1 fully saturated rings. The second kappa shape index (κ2) is 14.9. The molecule has 0 saturated carbocycles. The lowest BCUT2D eigenvalue weighted by molar-refractivity contribution is -0.0202. The van der Waals surface area contributed by atoms with E-state index in [1.807, 2.05) is 52.0 Å². The summed E-state index contributed by atoms with van der Waals surface area (Å²) in [5.74, 6) is 0.457. The van der Waals surface area contributed by atoms with E-state index in [0.29, 0.717) is 12.1 Å². The van der Waals surface area contributed by atoms with Crippen molar-refractivity contribution in [3.63, 3.8) is 0 Å². The molecule has 2 atom stereocenters. The number of aryl methyl sites for hydroxylation is 1. The van der Waals surface area contributed by atoms with E-state index in [1.165, 1.54) is 31.9 Å². The van der Waals surface area contributed by atoms with E-state index in [-0.39, 0.29) is 18.1 Å². The molecule has 5 rings (SSSR count). The Bertz CT molecular complexity index is 1570. The minimum Gasteiger partial charge on any atom is -0.496 e. The second-order valence-electron chi connectivity index (χ2n) is 13.6. The van der Waals surface area contributed by atoms with Crippen molar-refractivity contribution in [2.45, 2.75) is 103 Å². The fourth-order valence-corrected chi connectivity index (χ4v) is 6.84. The number of fused-ring (bicyclic) bond motifs is 5. The summed E-state index contributed by atoms with van der Waals surface area (Å²) in [7, 11) is 3.12. The maximum Gasteiger partial charge on any atom is 0.419 e. The maximum absolute atomic E-state index is 13.2. The van der Waals surface area contributed by atoms with Crippen LogP contribution in [0.3, 0.4) is 0 Å². The summed E-state index contributed by atoms with van der Waals surface area (Å²) in [5.41, 5.74) is 4.94. The highest BCUT2D eigenvalue weighted by atomic mass is 16.6. The van der Waals surface area contributed by atoms with Gasteiger partial charge in [0, 0.05) is 42.9 Å². The first-order valence-electron chi connectivity index (χ1n) is 16.7. The Kier molecular flexibility index (Phi) is 10.9. The Hall–Kier alpha value is -3.62. The SMILES string of the molecule is COC(=O)c1ccc2c(c1)/C=C/CCCCCCCO[C@H]1CCN(Cc3c(OC)cc(C)c4c3ccn4C(=O)OC(C)(C)C)[C@H]2C1. The van der Waals surface area contributed by atoms with Crippen molar-refractivity contribution in [1.82, 2.24) is 9.47 Å². The zero-order chi connectivity index (χ0) is 32.8. The van der Waals surface area contributed by atoms with Crippen LogP contribution in [0.5, 0.6) is 5.75 Å². The minimum atomic E-state index is -0.607. The predicted octanol–water partition coefficient (Wildman–Crippen LogP) is 8.62. The van der Waals surface area contributed by atoms with Crippen LogP contribution >= 0.6 is 0 Å². The van der Waals surface area contributed by atoms with Crippen molar-refractivity contribution in [3.05, 3.63) is 70.4 Å². The molecule has 3 heterocycles. The summed E-state index contributed by atoms with van der Waals surface area (Å²) in [4.78, 5) is 28.3. The molecule has 2 bridgehead atoms. The van der Waals surface area contributed by atoms with Gasteiger partial charge in [0.15, 0.2) is 0 Å². The molecule has 46 heavy (non-hydrogen) atoms. The molecule has 1 saturated heterocycles. The van der Waals surface area contributed by atoms with E-state index >= 15 is 0 Å². The molecule has 0 radical (unpaired) electrons. The van der Waals surface area contributed by atoms with Gasteiger partial charge < -0.3 is 18.9 Å². The average molecular weight is 631 g/mol. The van der Waals surface area contributed by atoms with Crippen LogP contribution in [0.1, 0.15) is 111 Å². The predicted molar refractivity (Wildman–Crippen MR) is 182 cm³/mol. The molecule has 0 N–H and O–H groups in total. The average Bonchev–Trinajstić information content (AvgIpc) is 3.48. The monoisotopic (exact) mass is 630 g/mol. The van der Waals surface area contributed by atoms with Crippen molar-refractivity contribution in [1.29, 1.82) is 0 Å². The van der Waals surface area contributed by atoms with Gasteiger partial charge in [-0.05, 0) is 101 Å². The Morgan fingerprint density at radius 2 is 1.80 bits per heavy atom. The van der Waals surface area contributed by atoms with E-state index in [2.05, 4.69) is 23.1 Å². The number of carbonyl (C=O) groups is 2. The lowest BCUT2D eigenvalue weighted by Gasteiger charge is -2.40. The van der Waals surface area contributed by atoms with Gasteiger partial charge in [0.2, 0.25) is 0 Å². The highest BCUT2D eigenvalue weighted by molar-refractivity contribution is 5.95. The van der Waals surface area contributed by atoms with Gasteiger partial charge in [-0.25, -0.2) is 9.59 Å². The smallest absolute Gasteiger partial charge is 0.419 e. The molecule has 8 heteroatoms. The summed E-state index contributed by atoms with van der Waals surface area (Å²) < 4.78 is 24.9. The van der Waals surface area contributed by atoms with Crippen LogP contribution in [0.4, 0.5) is 4.79 Å². The summed E-state index contributed by atoms with van der Waals surface area (Å²) in [6.45, 7) is 9.87. The molecule has 3 aromatic rings. The van der Waals surface area contributed by atoms with E-state index in [0.717, 1.165) is 78.6 Å². The number of carbonyl (C=O) groups excluding carboxylic acids is 2. The van der Waals surface area contributed by atoms with Crippen molar-refractivity contribution in [2.75, 3.05) is 27.4 Å². The van der Waals surface area contributed by atoms with Gasteiger partial charge in [-0.3, -0.25) is 9.47 Å². The van der Waals surface area contributed by atoms with Gasteiger partial charge in [-0.2, -0.15) is 0 Å². The van der Waals surface area contributed by atoms with Crippen molar-refractivity contribution in [2.24, 2.45) is 0 Å². The number of allylic oxidation sites excluding steroid dienone is 1. The van der Waals surface area contributed by atoms with E-state index in [9.17, 15) is 9.59 Å². The number of benzene rings is 2. The fraction of sp³-hybridized carbons (Fsp3) is 0.526. The lowest BCUT2D eigenvalue weighted by atomic mass is 9.88. The first kappa shape index (κ1) is 33.7. The Morgan fingerprint density at radius 3 is 2.57 bits per heavy atom. The van der Waals surface area contributed by atoms with Gasteiger partial charge >= 0.3 is 12.1 Å². The van der Waals surface area contributed by atoms with Crippen LogP contribution in [0, 0.1) is 6.92 Å². The Morgan fingerprint density at radius 1 is 1.02 bits per heavy atom. The first-order chi connectivity index (χ1) is 22.1. The number of likely N-dealkylation sites (tertiary alicyclic amines) is 1. The molecule has 8 nitrogen and oxygen atoms in total. The normalized spacial score (nSPS) is 20.7. The number of nitrogens with zero attached hydrogens (tertiary/aromatic N) is 2. The van der Waals surface area contributed by atoms with Crippen molar-refractivity contribution < 1.29 is 28.5 Å². The van der Waals surface area contributed by atoms with E-state index in [1.54, 1.807) is 17.9 Å². The van der Waals surface area contributed by atoms with Gasteiger partial charge in [-0.1, -0.05) is 37.5 Å². The van der Waals surface area contributed by atoms with Crippen LogP contribution in [0.15, 0.2) is 42.6 Å². The molecule has 248 valence electrons. The Labute approximate surface area is 273 Å². The maximum atomic E-state index is 13.2. The topological polar surface area (TPSA) is 79.2 Å². The van der Waals surface area contributed by atoms with Gasteiger partial charge in [0.1, 0.15) is 11.4 Å². The molecule has 2 aromatic carbocycles. The molecule has 0 amide bonds. The van der Waals surface area contributed by atoms with Crippen LogP contribution in [0.25, 0.3) is 17.0 Å². The minimum absolute atomic E-state index is 0.0456. The third kappa shape index (κ3) is 7.84. The van der Waals surface area contributed by atoms with E-state index in [4.69, 9.17) is 18.9 Å². The van der Waals surface area contributed by atoms with Crippen molar-refractivity contribution >= 4 is 29.0 Å². The van der Waals surface area contributed by atoms with Gasteiger partial charge in [0.25, 0.3) is 0 Å². The number of piperidine rings is 1. The highest BCUT2D eigenvalue weighted by Gasteiger charge is 2.33. The second-order valence-corrected chi connectivity index (χ2v) is 13.6. The first-order valence-corrected chi connectivity index (χ1v) is 16.7. The molecular formula is C38H50N2O6. The molecule has 2 aliphatic rings. The zero-order valence-electron chi connectivity index (χ0n) is 28.4. The number of hydrogen-bond acceptors (Lipinski definition) is 7. The number of esters is 1. The molecule has 1 aromatic heterocycles. The van der Waals surface area contributed by atoms with Gasteiger partial charge in [0.05, 0.1) is 31.4 Å². The summed E-state index contributed by atoms with van der Waals surface area (Å²) >= 11 is 0. The number of methoxy groups -OCH3 is 2. The quantitative estimate of drug-likeness (QED) is 0.267. The largest absolute Gasteiger partial charge is 0.496 e. The Balaban J connectivity index is 1.57. The molecule has 0 spiro atoms. The summed E-state index contributed by atoms with van der Waals surface area (Å²) in [6, 6.07) is 9.99. The van der Waals surface area contributed by atoms with Crippen LogP contribution in [-0.4, -0.2) is 60.6 Å². The number of ether oxygens (including phenoxy) is 4. The molecule has 2 aliphatic heterocycles. The van der Waals surface area contributed by atoms with Crippen LogP contribution < -0.4 is 4.74 Å². The summed E-state index contributed by atoms with van der Waals surface area (Å²) in [6.07, 6.45) is 14.6. The zero-order valence-corrected chi connectivity index (χ0v) is 28.4. The fourth-order valence-electron chi connectivity index (χ4n) is 6.84. The molecule has 0 aliphatic carbocycles. The third-order valence-corrected chi connectivity index (χ3v) is 9.10. The number of aromatic nitrogens is 1. The number of hydrogen-bond donors (Lipinski definition) is 0. The lowest BCUT2D eigenvalue weighted by Crippen LogP contribution is -2.40. The van der Waals surface area contributed by atoms with Crippen LogP contribution in [0.2, 0.25) is 0 Å². The highest BCUT2D eigenvalue weighted by Crippen LogP contribution is 2.40. The number of rotatable bonds is 4. The van der Waals surface area contributed by atoms with E-state index < -0.39 is 11.7 Å². The molecular weight excluding hydrogens is 580 g/mol. The standard InChI is InChI=1S/C38H50N2O6/c1-26-22-34(43-5)32(31-18-20-40(35(26)31)37(42)46-38(2,3)4)25-39-19-17-29-24-33(39)30-16-15-28(36(41)44-6)23-27(30)14-12-10-8-7-9-11-13-21-45-29/h12,14-16,18,20,22-23,29,33H,7-11,13,17,19,21,24-25H2,1-6H3/b14-12+/t29-,33-/m0/s1. The third-order valence-electron chi connectivity index (χ3n) is 9.10. The molecule has 0 unspecified atom stereocenters.